The van der Waals surface area contributed by atoms with Gasteiger partial charge in [0.15, 0.2) is 0 Å². The average molecular weight is 881 g/mol. The number of para-hydroxylation sites is 4. The number of hydrogen-bond acceptors (Lipinski definition) is 1. The van der Waals surface area contributed by atoms with E-state index >= 15 is 0 Å². The Morgan fingerprint density at radius 2 is 0.884 bits per heavy atom. The molecular formula is C67H48N2. The standard InChI is InChI=1S/C67H48N2/c1-67(2)61-40-12-9-31-55(61)59-38-19-35-53(65(59)67)47-25-15-29-50(43-47)68(62-41-13-10-32-56(62)58-37-18-24-46-23-17-34-52(64(46)58)45-21-5-3-6-22-45)51-30-16-26-48(44-51)54-36-20-39-60-57-33-11-14-42-63(57)69(66(54)60)49-27-7-4-8-28-49/h3-44H,1-2H3. The monoisotopic (exact) mass is 880 g/mol. The SMILES string of the molecule is CC1(C)c2ccccc2-c2cccc(-c3cccc(N(c4cccc(-c5cccc6c7ccccc7n(-c7ccccc7)c56)c4)c4ccccc4-c4cccc5cccc(-c6ccccc6)c45)c3)c21. The highest BCUT2D eigenvalue weighted by atomic mass is 15.1. The summed E-state index contributed by atoms with van der Waals surface area (Å²) in [6.07, 6.45) is 0. The second-order valence-electron chi connectivity index (χ2n) is 18.8. The average Bonchev–Trinajstić information content (AvgIpc) is 3.88. The molecule has 0 aliphatic heterocycles. The molecule has 12 aromatic rings. The first kappa shape index (κ1) is 40.5. The molecule has 0 N–H and O–H groups in total. The van der Waals surface area contributed by atoms with Crippen LogP contribution in [-0.2, 0) is 5.41 Å². The highest BCUT2D eigenvalue weighted by molar-refractivity contribution is 6.14. The molecule has 1 aliphatic carbocycles. The molecule has 1 aliphatic rings. The van der Waals surface area contributed by atoms with E-state index in [1.54, 1.807) is 0 Å². The van der Waals surface area contributed by atoms with Crippen molar-refractivity contribution >= 4 is 49.6 Å². The van der Waals surface area contributed by atoms with Gasteiger partial charge in [0.05, 0.1) is 16.7 Å². The third kappa shape index (κ3) is 6.55. The molecule has 2 heteroatoms. The number of benzene rings is 11. The first-order valence-electron chi connectivity index (χ1n) is 24.0. The molecule has 2 nitrogen and oxygen atoms in total. The first-order chi connectivity index (χ1) is 34.0. The van der Waals surface area contributed by atoms with Crippen LogP contribution in [0.25, 0.3) is 93.9 Å². The van der Waals surface area contributed by atoms with Crippen LogP contribution < -0.4 is 4.90 Å². The summed E-state index contributed by atoms with van der Waals surface area (Å²) >= 11 is 0. The van der Waals surface area contributed by atoms with E-state index < -0.39 is 0 Å². The van der Waals surface area contributed by atoms with Crippen molar-refractivity contribution in [1.82, 2.24) is 4.57 Å². The molecule has 1 heterocycles. The highest BCUT2D eigenvalue weighted by Crippen LogP contribution is 2.53. The zero-order chi connectivity index (χ0) is 46.1. The maximum Gasteiger partial charge on any atom is 0.0619 e. The predicted octanol–water partition coefficient (Wildman–Crippen LogP) is 18.4. The third-order valence-electron chi connectivity index (χ3n) is 14.5. The Morgan fingerprint density at radius 3 is 1.67 bits per heavy atom. The van der Waals surface area contributed by atoms with Gasteiger partial charge in [0, 0.05) is 44.4 Å². The summed E-state index contributed by atoms with van der Waals surface area (Å²) in [5.74, 6) is 0. The lowest BCUT2D eigenvalue weighted by Crippen LogP contribution is -2.16. The number of fused-ring (bicyclic) bond motifs is 7. The minimum absolute atomic E-state index is 0.160. The van der Waals surface area contributed by atoms with E-state index in [0.717, 1.165) is 33.9 Å². The Morgan fingerprint density at radius 1 is 0.362 bits per heavy atom. The van der Waals surface area contributed by atoms with Crippen LogP contribution in [0.4, 0.5) is 17.1 Å². The Bertz CT molecular complexity index is 3930. The maximum atomic E-state index is 2.49. The van der Waals surface area contributed by atoms with Crippen molar-refractivity contribution in [1.29, 1.82) is 0 Å². The molecular weight excluding hydrogens is 833 g/mol. The second kappa shape index (κ2) is 16.3. The minimum atomic E-state index is -0.160. The summed E-state index contributed by atoms with van der Waals surface area (Å²) in [6, 6.07) is 93.7. The Labute approximate surface area is 403 Å². The van der Waals surface area contributed by atoms with Crippen LogP contribution in [0.2, 0.25) is 0 Å². The molecule has 0 fully saturated rings. The zero-order valence-corrected chi connectivity index (χ0v) is 38.6. The van der Waals surface area contributed by atoms with E-state index in [-0.39, 0.29) is 5.41 Å². The highest BCUT2D eigenvalue weighted by Gasteiger charge is 2.37. The smallest absolute Gasteiger partial charge is 0.0619 e. The molecule has 0 spiro atoms. The third-order valence-corrected chi connectivity index (χ3v) is 14.5. The fourth-order valence-electron chi connectivity index (χ4n) is 11.6. The summed E-state index contributed by atoms with van der Waals surface area (Å²) in [4.78, 5) is 2.49. The van der Waals surface area contributed by atoms with Crippen LogP contribution >= 0.6 is 0 Å². The van der Waals surface area contributed by atoms with Gasteiger partial charge in [-0.15, -0.1) is 0 Å². The van der Waals surface area contributed by atoms with Crippen LogP contribution in [0, 0.1) is 0 Å². The van der Waals surface area contributed by atoms with Gasteiger partial charge in [-0.1, -0.05) is 220 Å². The number of hydrogen-bond donors (Lipinski definition) is 0. The molecule has 0 saturated carbocycles. The molecule has 1 aromatic heterocycles. The second-order valence-corrected chi connectivity index (χ2v) is 18.8. The van der Waals surface area contributed by atoms with Crippen LogP contribution in [0.5, 0.6) is 0 Å². The Kier molecular flexibility index (Phi) is 9.55. The fourth-order valence-corrected chi connectivity index (χ4v) is 11.6. The fraction of sp³-hybridized carbons (Fsp3) is 0.0448. The van der Waals surface area contributed by atoms with Crippen molar-refractivity contribution in [3.05, 3.63) is 266 Å². The largest absolute Gasteiger partial charge is 0.310 e. The van der Waals surface area contributed by atoms with E-state index in [9.17, 15) is 0 Å². The topological polar surface area (TPSA) is 8.17 Å². The van der Waals surface area contributed by atoms with Crippen LogP contribution in [-0.4, -0.2) is 4.57 Å². The number of nitrogens with zero attached hydrogens (tertiary/aromatic N) is 2. The van der Waals surface area contributed by atoms with Gasteiger partial charge in [-0.25, -0.2) is 0 Å². The lowest BCUT2D eigenvalue weighted by Gasteiger charge is -2.30. The summed E-state index contributed by atoms with van der Waals surface area (Å²) < 4.78 is 2.44. The molecule has 0 saturated heterocycles. The van der Waals surface area contributed by atoms with Gasteiger partial charge < -0.3 is 9.47 Å². The van der Waals surface area contributed by atoms with Crippen LogP contribution in [0.1, 0.15) is 25.0 Å². The van der Waals surface area contributed by atoms with Gasteiger partial charge in [0.2, 0.25) is 0 Å². The minimum Gasteiger partial charge on any atom is -0.310 e. The normalized spacial score (nSPS) is 12.6. The van der Waals surface area contributed by atoms with E-state index in [1.165, 1.54) is 88.2 Å². The molecule has 13 rings (SSSR count). The Hall–Kier alpha value is -8.72. The van der Waals surface area contributed by atoms with Crippen molar-refractivity contribution in [2.75, 3.05) is 4.90 Å². The van der Waals surface area contributed by atoms with Crippen molar-refractivity contribution in [2.45, 2.75) is 19.3 Å². The molecule has 326 valence electrons. The quantitative estimate of drug-likeness (QED) is 0.148. The predicted molar refractivity (Wildman–Crippen MR) is 292 cm³/mol. The first-order valence-corrected chi connectivity index (χ1v) is 24.0. The van der Waals surface area contributed by atoms with Crippen LogP contribution in [0.3, 0.4) is 0 Å². The van der Waals surface area contributed by atoms with Crippen molar-refractivity contribution < 1.29 is 0 Å². The van der Waals surface area contributed by atoms with Gasteiger partial charge in [0.1, 0.15) is 0 Å². The summed E-state index contributed by atoms with van der Waals surface area (Å²) in [6.45, 7) is 4.76. The maximum absolute atomic E-state index is 2.49. The molecule has 0 radical (unpaired) electrons. The molecule has 11 aromatic carbocycles. The van der Waals surface area contributed by atoms with Gasteiger partial charge >= 0.3 is 0 Å². The van der Waals surface area contributed by atoms with Crippen molar-refractivity contribution in [3.8, 4) is 61.3 Å². The molecule has 0 bridgehead atoms. The summed E-state index contributed by atoms with van der Waals surface area (Å²) in [5, 5.41) is 4.93. The van der Waals surface area contributed by atoms with Gasteiger partial charge in [-0.05, 0) is 115 Å². The van der Waals surface area contributed by atoms with Gasteiger partial charge in [-0.2, -0.15) is 0 Å². The van der Waals surface area contributed by atoms with Crippen molar-refractivity contribution in [2.24, 2.45) is 0 Å². The van der Waals surface area contributed by atoms with Crippen molar-refractivity contribution in [3.63, 3.8) is 0 Å². The summed E-state index contributed by atoms with van der Waals surface area (Å²) in [7, 11) is 0. The Balaban J connectivity index is 1.05. The molecule has 69 heavy (non-hydrogen) atoms. The molecule has 0 unspecified atom stereocenters. The summed E-state index contributed by atoms with van der Waals surface area (Å²) in [5.41, 5.74) is 21.6. The van der Waals surface area contributed by atoms with Crippen LogP contribution in [0.15, 0.2) is 255 Å². The van der Waals surface area contributed by atoms with Gasteiger partial charge in [0.25, 0.3) is 0 Å². The number of rotatable bonds is 8. The van der Waals surface area contributed by atoms with E-state index in [1.807, 2.05) is 0 Å². The molecule has 0 amide bonds. The molecule has 0 atom stereocenters. The lowest BCUT2D eigenvalue weighted by molar-refractivity contribution is 0.662. The zero-order valence-electron chi connectivity index (χ0n) is 38.6. The van der Waals surface area contributed by atoms with Gasteiger partial charge in [-0.3, -0.25) is 0 Å². The van der Waals surface area contributed by atoms with E-state index in [0.29, 0.717) is 0 Å². The van der Waals surface area contributed by atoms with E-state index in [4.69, 9.17) is 0 Å². The number of anilines is 3. The van der Waals surface area contributed by atoms with E-state index in [2.05, 4.69) is 278 Å². The lowest BCUT2D eigenvalue weighted by atomic mass is 9.79. The number of aromatic nitrogens is 1.